The van der Waals surface area contributed by atoms with Gasteiger partial charge >= 0.3 is 0 Å². The fraction of sp³-hybridized carbons (Fsp3) is 0.214. The smallest absolute Gasteiger partial charge is 0.208 e. The standard InChI is InChI=1S/C14H12N2OS/c15-7-11-12(8-17-14(11)16)9-3-4-13-10(6-9)2-1-5-18-13/h3-4,6,8H,1-2,5,16H2. The highest BCUT2D eigenvalue weighted by atomic mass is 32.2. The maximum absolute atomic E-state index is 9.09. The van der Waals surface area contributed by atoms with Crippen LogP contribution in [0, 0.1) is 11.3 Å². The topological polar surface area (TPSA) is 63.0 Å². The van der Waals surface area contributed by atoms with Crippen molar-refractivity contribution in [3.63, 3.8) is 0 Å². The highest BCUT2D eigenvalue weighted by molar-refractivity contribution is 7.99. The van der Waals surface area contributed by atoms with Crippen LogP contribution in [0.25, 0.3) is 11.1 Å². The fourth-order valence-corrected chi connectivity index (χ4v) is 3.25. The third kappa shape index (κ3) is 1.77. The Morgan fingerprint density at radius 2 is 2.28 bits per heavy atom. The van der Waals surface area contributed by atoms with Gasteiger partial charge in [-0.3, -0.25) is 0 Å². The van der Waals surface area contributed by atoms with Gasteiger partial charge in [-0.05, 0) is 41.9 Å². The van der Waals surface area contributed by atoms with Crippen LogP contribution in [0.15, 0.2) is 33.8 Å². The third-order valence-electron chi connectivity index (χ3n) is 3.15. The van der Waals surface area contributed by atoms with Crippen LogP contribution in [0.1, 0.15) is 17.5 Å². The molecule has 0 bridgehead atoms. The molecule has 1 aliphatic heterocycles. The number of nitrogens with two attached hydrogens (primary N) is 1. The molecule has 0 unspecified atom stereocenters. The number of nitrogen functional groups attached to an aromatic ring is 1. The number of hydrogen-bond donors (Lipinski definition) is 1. The summed E-state index contributed by atoms with van der Waals surface area (Å²) in [7, 11) is 0. The predicted molar refractivity (Wildman–Crippen MR) is 72.3 cm³/mol. The Kier molecular flexibility index (Phi) is 2.77. The second-order valence-corrected chi connectivity index (χ2v) is 5.41. The van der Waals surface area contributed by atoms with Crippen LogP contribution in [0.3, 0.4) is 0 Å². The van der Waals surface area contributed by atoms with Crippen LogP contribution >= 0.6 is 11.8 Å². The maximum atomic E-state index is 9.09. The molecule has 0 atom stereocenters. The summed E-state index contributed by atoms with van der Waals surface area (Å²) in [6.45, 7) is 0. The molecule has 0 saturated carbocycles. The van der Waals surface area contributed by atoms with Gasteiger partial charge in [-0.15, -0.1) is 11.8 Å². The Morgan fingerprint density at radius 1 is 1.39 bits per heavy atom. The molecule has 0 saturated heterocycles. The van der Waals surface area contributed by atoms with Crippen LogP contribution in [0.5, 0.6) is 0 Å². The quantitative estimate of drug-likeness (QED) is 0.849. The van der Waals surface area contributed by atoms with Gasteiger partial charge in [0.05, 0.1) is 0 Å². The molecule has 2 aromatic rings. The average Bonchev–Trinajstić information content (AvgIpc) is 2.79. The molecule has 0 amide bonds. The lowest BCUT2D eigenvalue weighted by molar-refractivity contribution is 0.588. The summed E-state index contributed by atoms with van der Waals surface area (Å²) in [5.74, 6) is 1.38. The van der Waals surface area contributed by atoms with E-state index in [0.29, 0.717) is 5.56 Å². The van der Waals surface area contributed by atoms with Crippen LogP contribution in [-0.4, -0.2) is 5.75 Å². The maximum Gasteiger partial charge on any atom is 0.208 e. The first-order valence-corrected chi connectivity index (χ1v) is 6.81. The van der Waals surface area contributed by atoms with E-state index in [-0.39, 0.29) is 5.88 Å². The molecule has 2 N–H and O–H groups in total. The van der Waals surface area contributed by atoms with Crippen molar-refractivity contribution in [1.82, 2.24) is 0 Å². The van der Waals surface area contributed by atoms with E-state index in [1.165, 1.54) is 22.6 Å². The number of nitriles is 1. The molecule has 0 radical (unpaired) electrons. The number of hydrogen-bond acceptors (Lipinski definition) is 4. The number of fused-ring (bicyclic) bond motifs is 1. The molecular formula is C14H12N2OS. The van der Waals surface area contributed by atoms with Crippen LogP contribution in [0.2, 0.25) is 0 Å². The van der Waals surface area contributed by atoms with Crippen LogP contribution < -0.4 is 5.73 Å². The number of nitrogens with zero attached hydrogens (tertiary/aromatic N) is 1. The second kappa shape index (κ2) is 4.43. The van der Waals surface area contributed by atoms with Crippen molar-refractivity contribution < 1.29 is 4.42 Å². The lowest BCUT2D eigenvalue weighted by Gasteiger charge is -2.15. The van der Waals surface area contributed by atoms with Gasteiger partial charge in [-0.2, -0.15) is 5.26 Å². The summed E-state index contributed by atoms with van der Waals surface area (Å²) in [5.41, 5.74) is 9.21. The van der Waals surface area contributed by atoms with Gasteiger partial charge in [0.1, 0.15) is 17.9 Å². The first-order chi connectivity index (χ1) is 8.79. The number of anilines is 1. The van der Waals surface area contributed by atoms with Gasteiger partial charge in [0.2, 0.25) is 5.88 Å². The Balaban J connectivity index is 2.10. The molecular weight excluding hydrogens is 244 g/mol. The minimum Gasteiger partial charge on any atom is -0.447 e. The van der Waals surface area contributed by atoms with Crippen molar-refractivity contribution in [2.24, 2.45) is 0 Å². The zero-order chi connectivity index (χ0) is 12.5. The zero-order valence-corrected chi connectivity index (χ0v) is 10.6. The van der Waals surface area contributed by atoms with E-state index in [0.717, 1.165) is 17.5 Å². The Bertz CT molecular complexity index is 640. The van der Waals surface area contributed by atoms with Crippen molar-refractivity contribution in [2.75, 3.05) is 11.5 Å². The molecule has 18 heavy (non-hydrogen) atoms. The van der Waals surface area contributed by atoms with Crippen molar-refractivity contribution >= 4 is 17.6 Å². The first-order valence-electron chi connectivity index (χ1n) is 5.83. The van der Waals surface area contributed by atoms with Crippen molar-refractivity contribution in [3.05, 3.63) is 35.6 Å². The van der Waals surface area contributed by atoms with Crippen LogP contribution in [-0.2, 0) is 6.42 Å². The highest BCUT2D eigenvalue weighted by Crippen LogP contribution is 2.35. The molecule has 1 aromatic heterocycles. The van der Waals surface area contributed by atoms with E-state index >= 15 is 0 Å². The summed E-state index contributed by atoms with van der Waals surface area (Å²) >= 11 is 1.89. The Morgan fingerprint density at radius 3 is 3.11 bits per heavy atom. The van der Waals surface area contributed by atoms with Crippen molar-refractivity contribution in [1.29, 1.82) is 5.26 Å². The zero-order valence-electron chi connectivity index (χ0n) is 9.77. The molecule has 0 aliphatic carbocycles. The van der Waals surface area contributed by atoms with Gasteiger partial charge in [0.15, 0.2) is 0 Å². The van der Waals surface area contributed by atoms with E-state index < -0.39 is 0 Å². The summed E-state index contributed by atoms with van der Waals surface area (Å²) in [6, 6.07) is 8.40. The fourth-order valence-electron chi connectivity index (χ4n) is 2.23. The SMILES string of the molecule is N#Cc1c(-c2ccc3c(c2)CCCS3)coc1N. The van der Waals surface area contributed by atoms with Crippen molar-refractivity contribution in [2.45, 2.75) is 17.7 Å². The minimum absolute atomic E-state index is 0.194. The summed E-state index contributed by atoms with van der Waals surface area (Å²) < 4.78 is 5.14. The normalized spacial score (nSPS) is 13.9. The van der Waals surface area contributed by atoms with E-state index in [2.05, 4.69) is 18.2 Å². The third-order valence-corrected chi connectivity index (χ3v) is 4.35. The average molecular weight is 256 g/mol. The molecule has 2 heterocycles. The Hall–Kier alpha value is -1.86. The monoisotopic (exact) mass is 256 g/mol. The van der Waals surface area contributed by atoms with E-state index in [4.69, 9.17) is 15.4 Å². The molecule has 3 rings (SSSR count). The summed E-state index contributed by atoms with van der Waals surface area (Å²) in [5, 5.41) is 9.09. The molecule has 1 aliphatic rings. The van der Waals surface area contributed by atoms with E-state index in [1.807, 2.05) is 17.8 Å². The van der Waals surface area contributed by atoms with Gasteiger partial charge < -0.3 is 10.2 Å². The molecule has 1 aromatic carbocycles. The van der Waals surface area contributed by atoms with Gasteiger partial charge in [-0.1, -0.05) is 6.07 Å². The number of thioether (sulfide) groups is 1. The largest absolute Gasteiger partial charge is 0.447 e. The van der Waals surface area contributed by atoms with Gasteiger partial charge in [0, 0.05) is 10.5 Å². The number of rotatable bonds is 1. The lowest BCUT2D eigenvalue weighted by Crippen LogP contribution is -1.98. The van der Waals surface area contributed by atoms with E-state index in [9.17, 15) is 0 Å². The summed E-state index contributed by atoms with van der Waals surface area (Å²) in [6.07, 6.45) is 3.87. The molecule has 4 heteroatoms. The Labute approximate surface area is 110 Å². The number of benzene rings is 1. The first kappa shape index (κ1) is 11.2. The van der Waals surface area contributed by atoms with Crippen LogP contribution in [0.4, 0.5) is 5.88 Å². The van der Waals surface area contributed by atoms with Gasteiger partial charge in [-0.25, -0.2) is 0 Å². The molecule has 3 nitrogen and oxygen atoms in total. The van der Waals surface area contributed by atoms with E-state index in [1.54, 1.807) is 6.26 Å². The van der Waals surface area contributed by atoms with Crippen molar-refractivity contribution in [3.8, 4) is 17.2 Å². The molecule has 90 valence electrons. The lowest BCUT2D eigenvalue weighted by atomic mass is 10.00. The number of aryl methyl sites for hydroxylation is 1. The highest BCUT2D eigenvalue weighted by Gasteiger charge is 2.15. The summed E-state index contributed by atoms with van der Waals surface area (Å²) in [4.78, 5) is 1.35. The predicted octanol–water partition coefficient (Wildman–Crippen LogP) is 3.44. The molecule has 0 spiro atoms. The molecule has 0 fully saturated rings. The minimum atomic E-state index is 0.194. The second-order valence-electron chi connectivity index (χ2n) is 4.27. The number of furan rings is 1. The van der Waals surface area contributed by atoms with Gasteiger partial charge in [0.25, 0.3) is 0 Å².